The predicted molar refractivity (Wildman–Crippen MR) is 110 cm³/mol. The molecule has 0 radical (unpaired) electrons. The first-order chi connectivity index (χ1) is 14.0. The Balaban J connectivity index is 1.43. The summed E-state index contributed by atoms with van der Waals surface area (Å²) in [5.74, 6) is -0.0966. The van der Waals surface area contributed by atoms with Crippen LogP contribution >= 0.6 is 0 Å². The van der Waals surface area contributed by atoms with Crippen LogP contribution in [-0.4, -0.2) is 61.7 Å². The number of hydrogen-bond acceptors (Lipinski definition) is 4. The van der Waals surface area contributed by atoms with Gasteiger partial charge in [-0.2, -0.15) is 0 Å². The van der Waals surface area contributed by atoms with Crippen molar-refractivity contribution in [2.24, 2.45) is 0 Å². The molecule has 29 heavy (non-hydrogen) atoms. The Morgan fingerprint density at radius 3 is 2.86 bits per heavy atom. The lowest BCUT2D eigenvalue weighted by molar-refractivity contribution is -0.129. The molecule has 0 unspecified atom stereocenters. The summed E-state index contributed by atoms with van der Waals surface area (Å²) in [7, 11) is 3.50. The van der Waals surface area contributed by atoms with Gasteiger partial charge in [0.05, 0.1) is 6.61 Å². The number of pyridine rings is 1. The highest BCUT2D eigenvalue weighted by Crippen LogP contribution is 2.47. The average molecular weight is 394 g/mol. The highest BCUT2D eigenvalue weighted by molar-refractivity contribution is 5.95. The van der Waals surface area contributed by atoms with Gasteiger partial charge in [-0.1, -0.05) is 24.3 Å². The number of nitrogens with one attached hydrogen (secondary N) is 1. The van der Waals surface area contributed by atoms with E-state index >= 15 is 0 Å². The van der Waals surface area contributed by atoms with Gasteiger partial charge in [-0.3, -0.25) is 14.7 Å². The fourth-order valence-electron chi connectivity index (χ4n) is 4.23. The van der Waals surface area contributed by atoms with E-state index in [9.17, 15) is 9.59 Å². The number of urea groups is 1. The van der Waals surface area contributed by atoms with Crippen LogP contribution < -0.4 is 10.2 Å². The molecule has 3 heterocycles. The van der Waals surface area contributed by atoms with Crippen LogP contribution in [-0.2, 0) is 21.4 Å². The second-order valence-corrected chi connectivity index (χ2v) is 7.97. The molecule has 0 saturated carbocycles. The normalized spacial score (nSPS) is 22.6. The number of carbonyl (C=O) groups excluding carboxylic acids is 2. The quantitative estimate of drug-likeness (QED) is 0.860. The van der Waals surface area contributed by atoms with E-state index in [1.54, 1.807) is 36.3 Å². The van der Waals surface area contributed by atoms with E-state index in [0.29, 0.717) is 26.1 Å². The molecule has 1 aromatic heterocycles. The zero-order valence-corrected chi connectivity index (χ0v) is 16.8. The minimum absolute atomic E-state index is 0.0568. The summed E-state index contributed by atoms with van der Waals surface area (Å²) >= 11 is 0. The molecule has 2 aromatic rings. The molecule has 7 heteroatoms. The molecule has 7 nitrogen and oxygen atoms in total. The standard InChI is InChI=1S/C22H26N4O3/c1-25(2)21(28)26-14-22(17-7-3-4-8-18(17)26)12-19(29-15-22)20(27)24-11-9-16-6-5-10-23-13-16/h3-8,10,13,19H,9,11-12,14-15H2,1-2H3,(H,24,27)/t19-,22+/m0/s1. The Hall–Kier alpha value is -2.93. The third kappa shape index (κ3) is 3.70. The number of ether oxygens (including phenoxy) is 1. The van der Waals surface area contributed by atoms with E-state index in [1.807, 2.05) is 36.4 Å². The molecule has 0 aliphatic carbocycles. The van der Waals surface area contributed by atoms with Crippen LogP contribution in [0.1, 0.15) is 17.5 Å². The summed E-state index contributed by atoms with van der Waals surface area (Å²) in [5.41, 5.74) is 2.74. The van der Waals surface area contributed by atoms with E-state index in [2.05, 4.69) is 10.3 Å². The van der Waals surface area contributed by atoms with Crippen molar-refractivity contribution in [3.63, 3.8) is 0 Å². The van der Waals surface area contributed by atoms with Crippen molar-refractivity contribution in [1.29, 1.82) is 0 Å². The second-order valence-electron chi connectivity index (χ2n) is 7.97. The molecule has 1 fully saturated rings. The van der Waals surface area contributed by atoms with Gasteiger partial charge in [-0.15, -0.1) is 0 Å². The molecular weight excluding hydrogens is 368 g/mol. The molecule has 3 amide bonds. The van der Waals surface area contributed by atoms with Crippen molar-refractivity contribution in [1.82, 2.24) is 15.2 Å². The van der Waals surface area contributed by atoms with Crippen LogP contribution in [0.4, 0.5) is 10.5 Å². The molecular formula is C22H26N4O3. The largest absolute Gasteiger partial charge is 0.367 e. The van der Waals surface area contributed by atoms with E-state index < -0.39 is 6.10 Å². The Bertz CT molecular complexity index is 902. The molecule has 152 valence electrons. The summed E-state index contributed by atoms with van der Waals surface area (Å²) in [6, 6.07) is 11.7. The van der Waals surface area contributed by atoms with Gasteiger partial charge in [0.1, 0.15) is 6.10 Å². The number of hydrogen-bond donors (Lipinski definition) is 1. The maximum Gasteiger partial charge on any atom is 0.323 e. The van der Waals surface area contributed by atoms with Gasteiger partial charge in [0.2, 0.25) is 5.91 Å². The van der Waals surface area contributed by atoms with Crippen molar-refractivity contribution < 1.29 is 14.3 Å². The number of aromatic nitrogens is 1. The first-order valence-electron chi connectivity index (χ1n) is 9.87. The Morgan fingerprint density at radius 1 is 1.28 bits per heavy atom. The topological polar surface area (TPSA) is 74.8 Å². The van der Waals surface area contributed by atoms with Gasteiger partial charge in [-0.25, -0.2) is 4.79 Å². The molecule has 0 bridgehead atoms. The molecule has 1 spiro atoms. The summed E-state index contributed by atoms with van der Waals surface area (Å²) in [6.07, 6.45) is 4.33. The molecule has 1 saturated heterocycles. The summed E-state index contributed by atoms with van der Waals surface area (Å²) in [6.45, 7) is 1.50. The molecule has 4 rings (SSSR count). The van der Waals surface area contributed by atoms with Crippen molar-refractivity contribution >= 4 is 17.6 Å². The number of para-hydroxylation sites is 1. The fraction of sp³-hybridized carbons (Fsp3) is 0.409. The van der Waals surface area contributed by atoms with E-state index in [-0.39, 0.29) is 17.4 Å². The number of rotatable bonds is 4. The zero-order valence-electron chi connectivity index (χ0n) is 16.8. The third-order valence-corrected chi connectivity index (χ3v) is 5.71. The van der Waals surface area contributed by atoms with Crippen molar-refractivity contribution in [3.05, 3.63) is 59.9 Å². The van der Waals surface area contributed by atoms with Crippen LogP contribution in [0.5, 0.6) is 0 Å². The maximum absolute atomic E-state index is 12.7. The number of amides is 3. The smallest absolute Gasteiger partial charge is 0.323 e. The van der Waals surface area contributed by atoms with Gasteiger partial charge in [0, 0.05) is 50.7 Å². The van der Waals surface area contributed by atoms with Crippen LogP contribution in [0.3, 0.4) is 0 Å². The SMILES string of the molecule is CN(C)C(=O)N1C[C@]2(CO[C@H](C(=O)NCCc3cccnc3)C2)c2ccccc21. The monoisotopic (exact) mass is 394 g/mol. The van der Waals surface area contributed by atoms with Crippen LogP contribution in [0.15, 0.2) is 48.8 Å². The number of fused-ring (bicyclic) bond motifs is 2. The van der Waals surface area contributed by atoms with Gasteiger partial charge in [-0.05, 0) is 36.1 Å². The zero-order chi connectivity index (χ0) is 20.4. The van der Waals surface area contributed by atoms with Crippen LogP contribution in [0, 0.1) is 0 Å². The summed E-state index contributed by atoms with van der Waals surface area (Å²) in [4.78, 5) is 32.8. The second kappa shape index (κ2) is 7.83. The first-order valence-corrected chi connectivity index (χ1v) is 9.87. The number of anilines is 1. The van der Waals surface area contributed by atoms with Crippen LogP contribution in [0.2, 0.25) is 0 Å². The minimum atomic E-state index is -0.508. The van der Waals surface area contributed by atoms with E-state index in [0.717, 1.165) is 23.2 Å². The first kappa shape index (κ1) is 19.4. The van der Waals surface area contributed by atoms with E-state index in [4.69, 9.17) is 4.74 Å². The molecule has 1 N–H and O–H groups in total. The summed E-state index contributed by atoms with van der Waals surface area (Å²) < 4.78 is 5.92. The number of nitrogens with zero attached hydrogens (tertiary/aromatic N) is 3. The minimum Gasteiger partial charge on any atom is -0.367 e. The van der Waals surface area contributed by atoms with Crippen molar-refractivity contribution in [2.45, 2.75) is 24.4 Å². The lowest BCUT2D eigenvalue weighted by Crippen LogP contribution is -2.43. The Kier molecular flexibility index (Phi) is 5.24. The van der Waals surface area contributed by atoms with Gasteiger partial charge in [0.15, 0.2) is 0 Å². The van der Waals surface area contributed by atoms with Gasteiger partial charge < -0.3 is 15.0 Å². The van der Waals surface area contributed by atoms with Crippen molar-refractivity contribution in [2.75, 3.05) is 38.7 Å². The van der Waals surface area contributed by atoms with Gasteiger partial charge >= 0.3 is 6.03 Å². The molecule has 2 aliphatic heterocycles. The average Bonchev–Trinajstić information content (AvgIpc) is 3.31. The number of benzene rings is 1. The highest BCUT2D eigenvalue weighted by Gasteiger charge is 2.51. The third-order valence-electron chi connectivity index (χ3n) is 5.71. The molecule has 2 aliphatic rings. The Morgan fingerprint density at radius 2 is 2.10 bits per heavy atom. The van der Waals surface area contributed by atoms with E-state index in [1.165, 1.54) is 0 Å². The lowest BCUT2D eigenvalue weighted by atomic mass is 9.80. The maximum atomic E-state index is 12.7. The predicted octanol–water partition coefficient (Wildman–Crippen LogP) is 1.97. The molecule has 2 atom stereocenters. The van der Waals surface area contributed by atoms with Gasteiger partial charge in [0.25, 0.3) is 0 Å². The van der Waals surface area contributed by atoms with Crippen LogP contribution in [0.25, 0.3) is 0 Å². The number of carbonyl (C=O) groups is 2. The molecule has 1 aromatic carbocycles. The fourth-order valence-corrected chi connectivity index (χ4v) is 4.23. The Labute approximate surface area is 170 Å². The van der Waals surface area contributed by atoms with Crippen molar-refractivity contribution in [3.8, 4) is 0 Å². The lowest BCUT2D eigenvalue weighted by Gasteiger charge is -2.25. The highest BCUT2D eigenvalue weighted by atomic mass is 16.5. The summed E-state index contributed by atoms with van der Waals surface area (Å²) in [5, 5.41) is 2.98.